The summed E-state index contributed by atoms with van der Waals surface area (Å²) in [5.41, 5.74) is 2.44. The average molecular weight is 340 g/mol. The van der Waals surface area contributed by atoms with E-state index in [4.69, 9.17) is 4.74 Å². The molecule has 2 rings (SSSR count). The molecule has 0 unspecified atom stereocenters. The number of hydrogen-bond donors (Lipinski definition) is 2. The third kappa shape index (κ3) is 5.95. The molecule has 5 heteroatoms. The van der Waals surface area contributed by atoms with Crippen LogP contribution in [0.25, 0.3) is 0 Å². The van der Waals surface area contributed by atoms with Gasteiger partial charge in [-0.2, -0.15) is 0 Å². The second kappa shape index (κ2) is 9.47. The Morgan fingerprint density at radius 2 is 1.76 bits per heavy atom. The monoisotopic (exact) mass is 340 g/mol. The van der Waals surface area contributed by atoms with E-state index in [9.17, 15) is 9.59 Å². The van der Waals surface area contributed by atoms with Crippen molar-refractivity contribution in [3.63, 3.8) is 0 Å². The summed E-state index contributed by atoms with van der Waals surface area (Å²) in [6.07, 6.45) is 0.918. The SMILES string of the molecule is CCOc1ccccc1C(=O)NCCCC(=O)Nc1ccc(C)cc1. The van der Waals surface area contributed by atoms with E-state index in [0.717, 1.165) is 11.3 Å². The predicted molar refractivity (Wildman–Crippen MR) is 99.0 cm³/mol. The number of para-hydroxylation sites is 1. The first kappa shape index (κ1) is 18.5. The van der Waals surface area contributed by atoms with Crippen molar-refractivity contribution in [2.45, 2.75) is 26.7 Å². The number of ether oxygens (including phenoxy) is 1. The third-order valence-corrected chi connectivity index (χ3v) is 3.63. The van der Waals surface area contributed by atoms with Crippen molar-refractivity contribution in [1.29, 1.82) is 0 Å². The number of carbonyl (C=O) groups is 2. The number of benzene rings is 2. The van der Waals surface area contributed by atoms with Gasteiger partial charge in [0.15, 0.2) is 0 Å². The Labute approximate surface area is 148 Å². The van der Waals surface area contributed by atoms with E-state index >= 15 is 0 Å². The Hall–Kier alpha value is -2.82. The molecule has 0 spiro atoms. The first-order valence-electron chi connectivity index (χ1n) is 8.46. The molecule has 5 nitrogen and oxygen atoms in total. The summed E-state index contributed by atoms with van der Waals surface area (Å²) >= 11 is 0. The zero-order chi connectivity index (χ0) is 18.1. The Balaban J connectivity index is 1.74. The number of nitrogens with one attached hydrogen (secondary N) is 2. The van der Waals surface area contributed by atoms with Gasteiger partial charge >= 0.3 is 0 Å². The summed E-state index contributed by atoms with van der Waals surface area (Å²) in [7, 11) is 0. The number of rotatable bonds is 8. The molecule has 0 aromatic heterocycles. The molecule has 2 aromatic carbocycles. The number of amides is 2. The average Bonchev–Trinajstić information content (AvgIpc) is 2.61. The van der Waals surface area contributed by atoms with Crippen LogP contribution in [-0.4, -0.2) is 25.0 Å². The smallest absolute Gasteiger partial charge is 0.255 e. The molecule has 2 N–H and O–H groups in total. The molecule has 2 aromatic rings. The Morgan fingerprint density at radius 1 is 1.04 bits per heavy atom. The summed E-state index contributed by atoms with van der Waals surface area (Å²) in [6.45, 7) is 4.81. The summed E-state index contributed by atoms with van der Waals surface area (Å²) < 4.78 is 5.45. The van der Waals surface area contributed by atoms with Crippen LogP contribution in [0, 0.1) is 6.92 Å². The fraction of sp³-hybridized carbons (Fsp3) is 0.300. The van der Waals surface area contributed by atoms with Crippen molar-refractivity contribution in [2.75, 3.05) is 18.5 Å². The molecule has 2 amide bonds. The van der Waals surface area contributed by atoms with Crippen LogP contribution in [-0.2, 0) is 4.79 Å². The van der Waals surface area contributed by atoms with Gasteiger partial charge < -0.3 is 15.4 Å². The lowest BCUT2D eigenvalue weighted by Gasteiger charge is -2.10. The highest BCUT2D eigenvalue weighted by atomic mass is 16.5. The third-order valence-electron chi connectivity index (χ3n) is 3.63. The maximum absolute atomic E-state index is 12.2. The molecule has 0 saturated carbocycles. The molecule has 132 valence electrons. The fourth-order valence-corrected chi connectivity index (χ4v) is 2.34. The van der Waals surface area contributed by atoms with Crippen molar-refractivity contribution in [1.82, 2.24) is 5.32 Å². The van der Waals surface area contributed by atoms with Gasteiger partial charge in [0.1, 0.15) is 5.75 Å². The normalized spacial score (nSPS) is 10.2. The fourth-order valence-electron chi connectivity index (χ4n) is 2.34. The standard InChI is InChI=1S/C20H24N2O3/c1-3-25-18-8-5-4-7-17(18)20(24)21-14-6-9-19(23)22-16-12-10-15(2)11-13-16/h4-5,7-8,10-13H,3,6,9,14H2,1-2H3,(H,21,24)(H,22,23). The molecule has 0 saturated heterocycles. The van der Waals surface area contributed by atoms with Crippen LogP contribution in [0.1, 0.15) is 35.7 Å². The summed E-state index contributed by atoms with van der Waals surface area (Å²) in [5, 5.41) is 5.67. The van der Waals surface area contributed by atoms with Gasteiger partial charge in [-0.3, -0.25) is 9.59 Å². The second-order valence-corrected chi connectivity index (χ2v) is 5.70. The van der Waals surface area contributed by atoms with Gasteiger partial charge in [-0.05, 0) is 44.5 Å². The zero-order valence-corrected chi connectivity index (χ0v) is 14.7. The molecule has 0 aliphatic carbocycles. The molecule has 25 heavy (non-hydrogen) atoms. The van der Waals surface area contributed by atoms with Crippen molar-refractivity contribution >= 4 is 17.5 Å². The van der Waals surface area contributed by atoms with Crippen molar-refractivity contribution < 1.29 is 14.3 Å². The van der Waals surface area contributed by atoms with Gasteiger partial charge in [0, 0.05) is 18.7 Å². The minimum absolute atomic E-state index is 0.0622. The number of carbonyl (C=O) groups excluding carboxylic acids is 2. The van der Waals surface area contributed by atoms with Crippen molar-refractivity contribution in [3.05, 3.63) is 59.7 Å². The Kier molecular flexibility index (Phi) is 7.01. The lowest BCUT2D eigenvalue weighted by molar-refractivity contribution is -0.116. The van der Waals surface area contributed by atoms with Gasteiger partial charge in [0.2, 0.25) is 5.91 Å². The minimum Gasteiger partial charge on any atom is -0.493 e. The number of anilines is 1. The molecule has 0 bridgehead atoms. The summed E-state index contributed by atoms with van der Waals surface area (Å²) in [4.78, 5) is 24.1. The highest BCUT2D eigenvalue weighted by Crippen LogP contribution is 2.17. The predicted octanol–water partition coefficient (Wildman–Crippen LogP) is 3.54. The topological polar surface area (TPSA) is 67.4 Å². The van der Waals surface area contributed by atoms with Crippen LogP contribution >= 0.6 is 0 Å². The Morgan fingerprint density at radius 3 is 2.48 bits per heavy atom. The number of aryl methyl sites for hydroxylation is 1. The summed E-state index contributed by atoms with van der Waals surface area (Å²) in [5.74, 6) is 0.315. The van der Waals surface area contributed by atoms with E-state index in [2.05, 4.69) is 10.6 Å². The first-order valence-corrected chi connectivity index (χ1v) is 8.46. The van der Waals surface area contributed by atoms with Gasteiger partial charge in [-0.1, -0.05) is 29.8 Å². The van der Waals surface area contributed by atoms with Crippen LogP contribution in [0.4, 0.5) is 5.69 Å². The molecule has 0 aliphatic heterocycles. The van der Waals surface area contributed by atoms with Crippen molar-refractivity contribution in [2.24, 2.45) is 0 Å². The van der Waals surface area contributed by atoms with Gasteiger partial charge in [0.05, 0.1) is 12.2 Å². The largest absolute Gasteiger partial charge is 0.493 e. The first-order chi connectivity index (χ1) is 12.1. The highest BCUT2D eigenvalue weighted by molar-refractivity contribution is 5.97. The van der Waals surface area contributed by atoms with Crippen LogP contribution < -0.4 is 15.4 Å². The number of hydrogen-bond acceptors (Lipinski definition) is 3. The van der Waals surface area contributed by atoms with Gasteiger partial charge in [-0.15, -0.1) is 0 Å². The summed E-state index contributed by atoms with van der Waals surface area (Å²) in [6, 6.07) is 14.8. The lowest BCUT2D eigenvalue weighted by atomic mass is 10.2. The minimum atomic E-state index is -0.192. The van der Waals surface area contributed by atoms with E-state index < -0.39 is 0 Å². The van der Waals surface area contributed by atoms with Crippen molar-refractivity contribution in [3.8, 4) is 5.75 Å². The quantitative estimate of drug-likeness (QED) is 0.722. The van der Waals surface area contributed by atoms with E-state index in [0.29, 0.717) is 37.3 Å². The van der Waals surface area contributed by atoms with Crippen LogP contribution in [0.3, 0.4) is 0 Å². The van der Waals surface area contributed by atoms with E-state index in [1.807, 2.05) is 44.2 Å². The highest BCUT2D eigenvalue weighted by Gasteiger charge is 2.11. The van der Waals surface area contributed by atoms with E-state index in [-0.39, 0.29) is 11.8 Å². The van der Waals surface area contributed by atoms with Crippen LogP contribution in [0.2, 0.25) is 0 Å². The van der Waals surface area contributed by atoms with Crippen LogP contribution in [0.5, 0.6) is 5.75 Å². The second-order valence-electron chi connectivity index (χ2n) is 5.70. The Bertz CT molecular complexity index is 711. The zero-order valence-electron chi connectivity index (χ0n) is 14.7. The molecule has 0 fully saturated rings. The molecular formula is C20H24N2O3. The maximum Gasteiger partial charge on any atom is 0.255 e. The molecule has 0 atom stereocenters. The van der Waals surface area contributed by atoms with Gasteiger partial charge in [-0.25, -0.2) is 0 Å². The van der Waals surface area contributed by atoms with Crippen LogP contribution in [0.15, 0.2) is 48.5 Å². The van der Waals surface area contributed by atoms with Gasteiger partial charge in [0.25, 0.3) is 5.91 Å². The molecule has 0 aliphatic rings. The molecule has 0 heterocycles. The lowest BCUT2D eigenvalue weighted by Crippen LogP contribution is -2.26. The molecular weight excluding hydrogens is 316 g/mol. The van der Waals surface area contributed by atoms with E-state index in [1.165, 1.54) is 0 Å². The molecule has 0 radical (unpaired) electrons. The maximum atomic E-state index is 12.2. The van der Waals surface area contributed by atoms with E-state index in [1.54, 1.807) is 18.2 Å².